The number of nitrogens with zero attached hydrogens (tertiary/aromatic N) is 4. The molecule has 2 aliphatic heterocycles. The van der Waals surface area contributed by atoms with Gasteiger partial charge in [-0.2, -0.15) is 5.10 Å². The molecule has 0 amide bonds. The van der Waals surface area contributed by atoms with Crippen LogP contribution in [-0.2, 0) is 0 Å². The molecule has 1 aromatic carbocycles. The maximum Gasteiger partial charge on any atom is 0.148 e. The molecule has 3 aromatic rings. The number of aromatic nitrogens is 4. The Kier molecular flexibility index (Phi) is 4.67. The monoisotopic (exact) mass is 390 g/mol. The number of phenols is 1. The van der Waals surface area contributed by atoms with Crippen LogP contribution in [0.1, 0.15) is 31.2 Å². The highest BCUT2D eigenvalue weighted by molar-refractivity contribution is 5.68. The smallest absolute Gasteiger partial charge is 0.148 e. The summed E-state index contributed by atoms with van der Waals surface area (Å²) in [6.45, 7) is 2.92. The first kappa shape index (κ1) is 18.1. The molecule has 29 heavy (non-hydrogen) atoms. The van der Waals surface area contributed by atoms with Crippen molar-refractivity contribution < 1.29 is 5.11 Å². The predicted octanol–water partition coefficient (Wildman–Crippen LogP) is 3.29. The number of phenolic OH excluding ortho intramolecular Hbond substituents is 1. The van der Waals surface area contributed by atoms with Crippen molar-refractivity contribution in [1.82, 2.24) is 25.3 Å². The third kappa shape index (κ3) is 3.82. The Morgan fingerprint density at radius 1 is 1.14 bits per heavy atom. The van der Waals surface area contributed by atoms with E-state index in [2.05, 4.69) is 25.9 Å². The fourth-order valence-corrected chi connectivity index (χ4v) is 4.59. The second kappa shape index (κ2) is 7.48. The van der Waals surface area contributed by atoms with Crippen LogP contribution in [0.5, 0.6) is 5.75 Å². The highest BCUT2D eigenvalue weighted by Crippen LogP contribution is 2.32. The van der Waals surface area contributed by atoms with E-state index in [1.165, 1.54) is 25.7 Å². The Balaban J connectivity index is 1.25. The fraction of sp³-hybridized carbons (Fsp3) is 0.409. The van der Waals surface area contributed by atoms with Crippen molar-refractivity contribution in [1.29, 1.82) is 0 Å². The van der Waals surface area contributed by atoms with Crippen LogP contribution in [0.2, 0.25) is 0 Å². The highest BCUT2D eigenvalue weighted by atomic mass is 16.3. The van der Waals surface area contributed by atoms with Gasteiger partial charge in [0.1, 0.15) is 11.6 Å². The van der Waals surface area contributed by atoms with Crippen LogP contribution in [0, 0.1) is 12.8 Å². The van der Waals surface area contributed by atoms with E-state index < -0.39 is 0 Å². The third-order valence-electron chi connectivity index (χ3n) is 6.04. The lowest BCUT2D eigenvalue weighted by Gasteiger charge is -2.29. The number of aromatic hydroxyl groups is 1. The number of hydrogen-bond donors (Lipinski definition) is 3. The molecule has 2 aliphatic rings. The second-order valence-electron chi connectivity index (χ2n) is 8.32. The topological polar surface area (TPSA) is 87.9 Å². The van der Waals surface area contributed by atoms with Crippen LogP contribution in [0.3, 0.4) is 0 Å². The van der Waals surface area contributed by atoms with Gasteiger partial charge in [-0.3, -0.25) is 0 Å². The molecule has 0 aliphatic carbocycles. The number of rotatable bonds is 5. The molecule has 0 saturated carbocycles. The van der Waals surface area contributed by atoms with Gasteiger partial charge in [0, 0.05) is 36.5 Å². The Hall–Kier alpha value is -2.93. The molecule has 3 N–H and O–H groups in total. The molecule has 2 aromatic heterocycles. The molecule has 7 nitrogen and oxygen atoms in total. The van der Waals surface area contributed by atoms with E-state index >= 15 is 0 Å². The van der Waals surface area contributed by atoms with Gasteiger partial charge in [0.25, 0.3) is 0 Å². The van der Waals surface area contributed by atoms with E-state index in [1.807, 2.05) is 37.4 Å². The molecule has 2 fully saturated rings. The molecule has 2 unspecified atom stereocenters. The van der Waals surface area contributed by atoms with Gasteiger partial charge in [0.05, 0.1) is 17.6 Å². The van der Waals surface area contributed by atoms with Crippen LogP contribution in [0.15, 0.2) is 42.7 Å². The quantitative estimate of drug-likeness (QED) is 0.620. The number of anilines is 1. The minimum absolute atomic E-state index is 0.163. The molecule has 2 saturated heterocycles. The molecule has 150 valence electrons. The summed E-state index contributed by atoms with van der Waals surface area (Å²) in [6.07, 6.45) is 8.82. The van der Waals surface area contributed by atoms with Crippen LogP contribution in [0.25, 0.3) is 16.9 Å². The van der Waals surface area contributed by atoms with Gasteiger partial charge in [-0.1, -0.05) is 0 Å². The molecule has 0 spiro atoms. The standard InChI is InChI=1S/C22H26N6O/c1-14-11-24-28(13-14)18-4-5-19(21(29)10-18)20-6-7-22(27-26-20)23-12-15-8-16-2-3-17(9-15)25-16/h4-7,10-11,13,15-17,25,29H,2-3,8-9,12H2,1H3,(H,23,27). The van der Waals surface area contributed by atoms with Crippen molar-refractivity contribution in [2.24, 2.45) is 5.92 Å². The van der Waals surface area contributed by atoms with Crippen LogP contribution in [0.4, 0.5) is 5.82 Å². The molecule has 0 radical (unpaired) electrons. The first-order valence-electron chi connectivity index (χ1n) is 10.3. The van der Waals surface area contributed by atoms with Crippen LogP contribution in [-0.4, -0.2) is 43.7 Å². The van der Waals surface area contributed by atoms with Gasteiger partial charge < -0.3 is 15.7 Å². The summed E-state index contributed by atoms with van der Waals surface area (Å²) in [7, 11) is 0. The lowest BCUT2D eigenvalue weighted by molar-refractivity contribution is 0.311. The van der Waals surface area contributed by atoms with Crippen molar-refractivity contribution >= 4 is 5.82 Å². The summed E-state index contributed by atoms with van der Waals surface area (Å²) >= 11 is 0. The van der Waals surface area contributed by atoms with Gasteiger partial charge >= 0.3 is 0 Å². The Labute approximate surface area is 170 Å². The zero-order valence-corrected chi connectivity index (χ0v) is 16.5. The minimum atomic E-state index is 0.163. The zero-order chi connectivity index (χ0) is 19.8. The number of aryl methyl sites for hydroxylation is 1. The predicted molar refractivity (Wildman–Crippen MR) is 112 cm³/mol. The Morgan fingerprint density at radius 2 is 1.97 bits per heavy atom. The maximum absolute atomic E-state index is 10.5. The van der Waals surface area contributed by atoms with Crippen molar-refractivity contribution in [2.45, 2.75) is 44.7 Å². The largest absolute Gasteiger partial charge is 0.507 e. The normalized spacial score (nSPS) is 23.3. The van der Waals surface area contributed by atoms with Crippen molar-refractivity contribution in [2.75, 3.05) is 11.9 Å². The van der Waals surface area contributed by atoms with E-state index in [4.69, 9.17) is 0 Å². The lowest BCUT2D eigenvalue weighted by Crippen LogP contribution is -2.40. The van der Waals surface area contributed by atoms with Gasteiger partial charge in [0.15, 0.2) is 0 Å². The number of hydrogen-bond acceptors (Lipinski definition) is 6. The lowest BCUT2D eigenvalue weighted by atomic mass is 9.92. The van der Waals surface area contributed by atoms with Crippen molar-refractivity contribution in [3.63, 3.8) is 0 Å². The average molecular weight is 390 g/mol. The molecular formula is C22H26N6O. The van der Waals surface area contributed by atoms with E-state index in [0.29, 0.717) is 29.3 Å². The SMILES string of the molecule is Cc1cnn(-c2ccc(-c3ccc(NCC4CC5CCC(C4)N5)nn3)c(O)c2)c1. The van der Waals surface area contributed by atoms with Crippen molar-refractivity contribution in [3.8, 4) is 22.7 Å². The van der Waals surface area contributed by atoms with Crippen LogP contribution < -0.4 is 10.6 Å². The van der Waals surface area contributed by atoms with E-state index in [9.17, 15) is 5.11 Å². The van der Waals surface area contributed by atoms with E-state index in [-0.39, 0.29) is 5.75 Å². The molecule has 5 rings (SSSR count). The number of piperidine rings is 1. The summed E-state index contributed by atoms with van der Waals surface area (Å²) in [5, 5.41) is 30.5. The maximum atomic E-state index is 10.5. The van der Waals surface area contributed by atoms with Crippen molar-refractivity contribution in [3.05, 3.63) is 48.3 Å². The number of nitrogens with one attached hydrogen (secondary N) is 2. The van der Waals surface area contributed by atoms with Gasteiger partial charge in [-0.25, -0.2) is 4.68 Å². The summed E-state index contributed by atoms with van der Waals surface area (Å²) in [5.74, 6) is 1.64. The minimum Gasteiger partial charge on any atom is -0.507 e. The van der Waals surface area contributed by atoms with Gasteiger partial charge in [-0.15, -0.1) is 10.2 Å². The first-order chi connectivity index (χ1) is 14.1. The average Bonchev–Trinajstić information content (AvgIpc) is 3.31. The van der Waals surface area contributed by atoms with Crippen LogP contribution >= 0.6 is 0 Å². The third-order valence-corrected chi connectivity index (χ3v) is 6.04. The summed E-state index contributed by atoms with van der Waals surface area (Å²) in [6, 6.07) is 10.7. The molecule has 2 bridgehead atoms. The fourth-order valence-electron chi connectivity index (χ4n) is 4.59. The molecule has 7 heteroatoms. The highest BCUT2D eigenvalue weighted by Gasteiger charge is 2.33. The van der Waals surface area contributed by atoms with E-state index in [0.717, 1.165) is 23.6 Å². The van der Waals surface area contributed by atoms with Gasteiger partial charge in [-0.05, 0) is 68.4 Å². The summed E-state index contributed by atoms with van der Waals surface area (Å²) in [4.78, 5) is 0. The second-order valence-corrected chi connectivity index (χ2v) is 8.32. The van der Waals surface area contributed by atoms with E-state index in [1.54, 1.807) is 16.9 Å². The molecule has 4 heterocycles. The summed E-state index contributed by atoms with van der Waals surface area (Å²) in [5.41, 5.74) is 3.18. The molecule has 2 atom stereocenters. The zero-order valence-electron chi connectivity index (χ0n) is 16.5. The number of benzene rings is 1. The number of fused-ring (bicyclic) bond motifs is 2. The van der Waals surface area contributed by atoms with Gasteiger partial charge in [0.2, 0.25) is 0 Å². The first-order valence-corrected chi connectivity index (χ1v) is 10.3. The summed E-state index contributed by atoms with van der Waals surface area (Å²) < 4.78 is 1.74. The Bertz CT molecular complexity index is 987. The molecular weight excluding hydrogens is 364 g/mol. The Morgan fingerprint density at radius 3 is 2.62 bits per heavy atom.